The van der Waals surface area contributed by atoms with Crippen LogP contribution >= 0.6 is 0 Å². The van der Waals surface area contributed by atoms with E-state index in [9.17, 15) is 0 Å². The summed E-state index contributed by atoms with van der Waals surface area (Å²) in [5, 5.41) is 3.35. The van der Waals surface area contributed by atoms with Crippen molar-refractivity contribution in [2.75, 3.05) is 25.5 Å². The number of nitrogens with zero attached hydrogens (tertiary/aromatic N) is 2. The van der Waals surface area contributed by atoms with Crippen molar-refractivity contribution in [2.24, 2.45) is 0 Å². The molecule has 0 spiro atoms. The third-order valence-corrected chi connectivity index (χ3v) is 2.86. The van der Waals surface area contributed by atoms with Crippen molar-refractivity contribution in [1.29, 1.82) is 0 Å². The summed E-state index contributed by atoms with van der Waals surface area (Å²) in [4.78, 5) is 6.69. The second-order valence-corrected chi connectivity index (χ2v) is 4.36. The molecule has 3 nitrogen and oxygen atoms in total. The van der Waals surface area contributed by atoms with Crippen LogP contribution in [0.2, 0.25) is 0 Å². The normalized spacial score (nSPS) is 15.7. The molecule has 3 heteroatoms. The lowest BCUT2D eigenvalue weighted by molar-refractivity contribution is 0.337. The average Bonchev–Trinajstić information content (AvgIpc) is 3.00. The van der Waals surface area contributed by atoms with Crippen LogP contribution in [-0.2, 0) is 0 Å². The lowest BCUT2D eigenvalue weighted by atomic mass is 10.3. The van der Waals surface area contributed by atoms with Crippen molar-refractivity contribution in [3.05, 3.63) is 23.9 Å². The van der Waals surface area contributed by atoms with Gasteiger partial charge in [-0.1, -0.05) is 0 Å². The number of anilines is 1. The van der Waals surface area contributed by atoms with Crippen molar-refractivity contribution in [3.8, 4) is 0 Å². The van der Waals surface area contributed by atoms with Crippen LogP contribution in [0.25, 0.3) is 0 Å². The molecule has 1 heterocycles. The molecule has 0 bridgehead atoms. The van der Waals surface area contributed by atoms with E-state index in [2.05, 4.69) is 35.2 Å². The van der Waals surface area contributed by atoms with Gasteiger partial charge in [0.25, 0.3) is 0 Å². The van der Waals surface area contributed by atoms with Crippen LogP contribution in [0.15, 0.2) is 18.3 Å². The van der Waals surface area contributed by atoms with E-state index in [1.54, 1.807) is 0 Å². The summed E-state index contributed by atoms with van der Waals surface area (Å²) in [6.07, 6.45) is 4.60. The summed E-state index contributed by atoms with van der Waals surface area (Å²) in [6, 6.07) is 4.94. The van der Waals surface area contributed by atoms with Gasteiger partial charge in [0.1, 0.15) is 5.82 Å². The van der Waals surface area contributed by atoms with Gasteiger partial charge in [0.15, 0.2) is 0 Å². The highest BCUT2D eigenvalue weighted by molar-refractivity contribution is 5.36. The molecule has 1 aliphatic carbocycles. The first-order valence-corrected chi connectivity index (χ1v) is 5.62. The molecule has 1 aromatic rings. The van der Waals surface area contributed by atoms with Crippen LogP contribution in [-0.4, -0.2) is 36.1 Å². The molecule has 1 fully saturated rings. The van der Waals surface area contributed by atoms with Crippen LogP contribution in [0, 0.1) is 6.92 Å². The van der Waals surface area contributed by atoms with Gasteiger partial charge in [-0.2, -0.15) is 0 Å². The Labute approximate surface area is 91.5 Å². The van der Waals surface area contributed by atoms with Crippen molar-refractivity contribution >= 4 is 5.82 Å². The fraction of sp³-hybridized carbons (Fsp3) is 0.583. The van der Waals surface area contributed by atoms with E-state index in [1.165, 1.54) is 18.4 Å². The Morgan fingerprint density at radius 3 is 3.00 bits per heavy atom. The lowest BCUT2D eigenvalue weighted by Crippen LogP contribution is -2.27. The molecular formula is C12H19N3. The van der Waals surface area contributed by atoms with Crippen molar-refractivity contribution in [2.45, 2.75) is 25.8 Å². The molecular weight excluding hydrogens is 186 g/mol. The van der Waals surface area contributed by atoms with Gasteiger partial charge >= 0.3 is 0 Å². The molecule has 15 heavy (non-hydrogen) atoms. The topological polar surface area (TPSA) is 28.2 Å². The van der Waals surface area contributed by atoms with Crippen LogP contribution in [0.3, 0.4) is 0 Å². The highest BCUT2D eigenvalue weighted by Gasteiger charge is 2.25. The van der Waals surface area contributed by atoms with E-state index < -0.39 is 0 Å². The van der Waals surface area contributed by atoms with E-state index in [4.69, 9.17) is 0 Å². The maximum Gasteiger partial charge on any atom is 0.126 e. The van der Waals surface area contributed by atoms with Gasteiger partial charge in [-0.15, -0.1) is 0 Å². The Balaban J connectivity index is 1.73. The third-order valence-electron chi connectivity index (χ3n) is 2.86. The zero-order chi connectivity index (χ0) is 10.7. The highest BCUT2D eigenvalue weighted by atomic mass is 15.2. The van der Waals surface area contributed by atoms with Gasteiger partial charge in [-0.25, -0.2) is 4.98 Å². The molecule has 0 unspecified atom stereocenters. The van der Waals surface area contributed by atoms with Gasteiger partial charge in [-0.3, -0.25) is 0 Å². The predicted octanol–water partition coefficient (Wildman–Crippen LogP) is 1.90. The molecule has 82 valence electrons. The fourth-order valence-electron chi connectivity index (χ4n) is 1.69. The van der Waals surface area contributed by atoms with Crippen LogP contribution < -0.4 is 5.32 Å². The average molecular weight is 205 g/mol. The van der Waals surface area contributed by atoms with Crippen molar-refractivity contribution < 1.29 is 0 Å². The minimum atomic E-state index is 0.845. The molecule has 0 aromatic carbocycles. The Morgan fingerprint density at radius 2 is 2.33 bits per heavy atom. The largest absolute Gasteiger partial charge is 0.369 e. The number of pyridine rings is 1. The molecule has 0 amide bonds. The van der Waals surface area contributed by atoms with Crippen LogP contribution in [0.4, 0.5) is 5.82 Å². The van der Waals surface area contributed by atoms with Crippen molar-refractivity contribution in [3.63, 3.8) is 0 Å². The Kier molecular flexibility index (Phi) is 3.21. The zero-order valence-corrected chi connectivity index (χ0v) is 9.53. The molecule has 1 N–H and O–H groups in total. The lowest BCUT2D eigenvalue weighted by Gasteiger charge is -2.15. The SMILES string of the molecule is Cc1ccnc(NCCN(C)C2CC2)c1. The molecule has 0 atom stereocenters. The molecule has 0 aliphatic heterocycles. The molecule has 1 saturated carbocycles. The number of likely N-dealkylation sites (N-methyl/N-ethyl adjacent to an activating group) is 1. The Bertz CT molecular complexity index is 320. The molecule has 2 rings (SSSR count). The molecule has 0 radical (unpaired) electrons. The Morgan fingerprint density at radius 1 is 1.53 bits per heavy atom. The van der Waals surface area contributed by atoms with E-state index in [1.807, 2.05) is 12.3 Å². The molecule has 1 aliphatic rings. The minimum absolute atomic E-state index is 0.845. The van der Waals surface area contributed by atoms with Gasteiger partial charge in [0.2, 0.25) is 0 Å². The van der Waals surface area contributed by atoms with E-state index in [0.29, 0.717) is 0 Å². The van der Waals surface area contributed by atoms with Gasteiger partial charge in [0.05, 0.1) is 0 Å². The minimum Gasteiger partial charge on any atom is -0.369 e. The second-order valence-electron chi connectivity index (χ2n) is 4.36. The van der Waals surface area contributed by atoms with Crippen molar-refractivity contribution in [1.82, 2.24) is 9.88 Å². The van der Waals surface area contributed by atoms with Gasteiger partial charge in [0, 0.05) is 25.3 Å². The summed E-state index contributed by atoms with van der Waals surface area (Å²) in [7, 11) is 2.20. The highest BCUT2D eigenvalue weighted by Crippen LogP contribution is 2.24. The van der Waals surface area contributed by atoms with E-state index in [0.717, 1.165) is 24.9 Å². The van der Waals surface area contributed by atoms with Crippen LogP contribution in [0.1, 0.15) is 18.4 Å². The first-order valence-electron chi connectivity index (χ1n) is 5.62. The monoisotopic (exact) mass is 205 g/mol. The quantitative estimate of drug-likeness (QED) is 0.795. The van der Waals surface area contributed by atoms with Gasteiger partial charge < -0.3 is 10.2 Å². The summed E-state index contributed by atoms with van der Waals surface area (Å²) < 4.78 is 0. The zero-order valence-electron chi connectivity index (χ0n) is 9.53. The summed E-state index contributed by atoms with van der Waals surface area (Å²) in [6.45, 7) is 4.16. The standard InChI is InChI=1S/C12H19N3/c1-10-5-6-13-12(9-10)14-7-8-15(2)11-3-4-11/h5-6,9,11H,3-4,7-8H2,1-2H3,(H,13,14). The summed E-state index contributed by atoms with van der Waals surface area (Å²) in [5.41, 5.74) is 1.25. The number of aryl methyl sites for hydroxylation is 1. The molecule has 1 aromatic heterocycles. The summed E-state index contributed by atoms with van der Waals surface area (Å²) >= 11 is 0. The van der Waals surface area contributed by atoms with Crippen LogP contribution in [0.5, 0.6) is 0 Å². The summed E-state index contributed by atoms with van der Waals surface area (Å²) in [5.74, 6) is 0.985. The number of hydrogen-bond donors (Lipinski definition) is 1. The third kappa shape index (κ3) is 3.20. The predicted molar refractivity (Wildman–Crippen MR) is 63.1 cm³/mol. The second kappa shape index (κ2) is 4.62. The first-order chi connectivity index (χ1) is 7.25. The maximum absolute atomic E-state index is 4.27. The first kappa shape index (κ1) is 10.4. The number of rotatable bonds is 5. The smallest absolute Gasteiger partial charge is 0.126 e. The number of hydrogen-bond acceptors (Lipinski definition) is 3. The number of nitrogens with one attached hydrogen (secondary N) is 1. The van der Waals surface area contributed by atoms with Gasteiger partial charge in [-0.05, 0) is 44.5 Å². The maximum atomic E-state index is 4.27. The fourth-order valence-corrected chi connectivity index (χ4v) is 1.69. The number of aromatic nitrogens is 1. The Hall–Kier alpha value is -1.09. The van der Waals surface area contributed by atoms with E-state index in [-0.39, 0.29) is 0 Å². The van der Waals surface area contributed by atoms with E-state index >= 15 is 0 Å². The molecule has 0 saturated heterocycles.